The largest absolute Gasteiger partial charge is 0.306 e. The van der Waals surface area contributed by atoms with Crippen LogP contribution in [0.25, 0.3) is 0 Å². The van der Waals surface area contributed by atoms with Crippen molar-refractivity contribution in [2.75, 3.05) is 56.4 Å². The molecule has 0 spiro atoms. The maximum Gasteiger partial charge on any atom is 0.0643 e. The number of hydrogen-bond donors (Lipinski definition) is 8. The van der Waals surface area contributed by atoms with E-state index in [2.05, 4.69) is 202 Å². The van der Waals surface area contributed by atoms with Crippen LogP contribution in [0.15, 0.2) is 0 Å². The maximum absolute atomic E-state index is 4.57. The molecule has 12 heteroatoms. The first-order valence-corrected chi connectivity index (χ1v) is 28.2. The van der Waals surface area contributed by atoms with Gasteiger partial charge in [0.25, 0.3) is 0 Å². The van der Waals surface area contributed by atoms with Gasteiger partial charge < -0.3 is 19.6 Å². The van der Waals surface area contributed by atoms with Gasteiger partial charge in [-0.3, -0.25) is 42.5 Å². The number of fused-ring (bicyclic) bond motifs is 20. The molecule has 9 aliphatic rings. The fourth-order valence-corrected chi connectivity index (χ4v) is 17.4. The highest BCUT2D eigenvalue weighted by molar-refractivity contribution is 5.15. The highest BCUT2D eigenvalue weighted by atomic mass is 15.4. The summed E-state index contributed by atoms with van der Waals surface area (Å²) in [6, 6.07) is 1.96. The van der Waals surface area contributed by atoms with Crippen LogP contribution in [0.1, 0.15) is 134 Å². The number of nitrogens with zero attached hydrogens (tertiary/aromatic N) is 4. The summed E-state index contributed by atoms with van der Waals surface area (Å²) in [7, 11) is 19.0. The van der Waals surface area contributed by atoms with Crippen molar-refractivity contribution in [3.63, 3.8) is 0 Å². The molecule has 12 nitrogen and oxygen atoms in total. The van der Waals surface area contributed by atoms with E-state index < -0.39 is 0 Å². The van der Waals surface area contributed by atoms with Crippen molar-refractivity contribution in [2.45, 2.75) is 208 Å². The molecule has 4 saturated carbocycles. The van der Waals surface area contributed by atoms with Gasteiger partial charge in [-0.2, -0.15) is 0 Å². The van der Waals surface area contributed by atoms with Crippen LogP contribution >= 0.6 is 0 Å². The van der Waals surface area contributed by atoms with Gasteiger partial charge in [-0.1, -0.05) is 83.1 Å². The summed E-state index contributed by atoms with van der Waals surface area (Å²) in [6.45, 7) is 30.1. The minimum atomic E-state index is 0.195. The molecule has 392 valence electrons. The maximum atomic E-state index is 4.57. The topological polar surface area (TPSA) is 109 Å². The average molecular weight is 950 g/mol. The van der Waals surface area contributed by atoms with Gasteiger partial charge in [0.1, 0.15) is 0 Å². The van der Waals surface area contributed by atoms with E-state index in [-0.39, 0.29) is 71.0 Å². The van der Waals surface area contributed by atoms with Gasteiger partial charge in [-0.05, 0) is 177 Å². The summed E-state index contributed by atoms with van der Waals surface area (Å²) in [5.74, 6) is 6.63. The van der Waals surface area contributed by atoms with Gasteiger partial charge in [0.05, 0.1) is 49.3 Å². The molecular weight excluding hydrogens is 841 g/mol. The molecule has 0 aromatic carbocycles. The average Bonchev–Trinajstić information content (AvgIpc) is 3.96. The molecule has 0 radical (unpaired) electrons. The molecule has 5 aliphatic heterocycles. The SMILES string of the molecule is CN(C)C1CC(C(C)(C)C)CC2C3NC(NC4NC(NC5NC(NC6NC(N3)C3C6CC(C(C)(C)C)CC3N(C)C)C3C5CC(C(C)(C)C)CC3N(C)C)C3C4CC(C(C)(C)C)CC3N(C)C)C21. The van der Waals surface area contributed by atoms with Crippen LogP contribution in [0.5, 0.6) is 0 Å². The molecule has 9 fully saturated rings. The molecule has 0 amide bonds. The second-order valence-corrected chi connectivity index (χ2v) is 30.4. The molecule has 8 N–H and O–H groups in total. The monoisotopic (exact) mass is 949 g/mol. The Hall–Kier alpha value is -0.480. The lowest BCUT2D eigenvalue weighted by atomic mass is 9.62. The Balaban J connectivity index is 1.17. The van der Waals surface area contributed by atoms with E-state index in [9.17, 15) is 0 Å². The summed E-state index contributed by atoms with van der Waals surface area (Å²) in [6.07, 6.45) is 11.6. The van der Waals surface area contributed by atoms with Crippen molar-refractivity contribution >= 4 is 0 Å². The summed E-state index contributed by atoms with van der Waals surface area (Å²) in [4.78, 5) is 10.4. The number of nitrogens with one attached hydrogen (secondary N) is 8. The molecule has 0 aromatic rings. The van der Waals surface area contributed by atoms with Gasteiger partial charge in [0.2, 0.25) is 0 Å². The van der Waals surface area contributed by atoms with Crippen LogP contribution in [0.2, 0.25) is 0 Å². The number of hydrogen-bond acceptors (Lipinski definition) is 12. The van der Waals surface area contributed by atoms with Crippen molar-refractivity contribution < 1.29 is 0 Å². The van der Waals surface area contributed by atoms with Crippen molar-refractivity contribution in [3.8, 4) is 0 Å². The lowest BCUT2D eigenvalue weighted by molar-refractivity contribution is 0.00281. The van der Waals surface area contributed by atoms with E-state index in [0.717, 1.165) is 0 Å². The molecule has 16 atom stereocenters. The van der Waals surface area contributed by atoms with Crippen LogP contribution in [-0.2, 0) is 0 Å². The van der Waals surface area contributed by atoms with E-state index in [1.54, 1.807) is 0 Å². The van der Waals surface area contributed by atoms with Crippen LogP contribution in [0, 0.1) is 92.7 Å². The molecule has 8 bridgehead atoms. The van der Waals surface area contributed by atoms with Crippen LogP contribution in [-0.4, -0.2) is 149 Å². The third kappa shape index (κ3) is 9.72. The zero-order valence-electron chi connectivity index (χ0n) is 47.3. The minimum absolute atomic E-state index is 0.195. The van der Waals surface area contributed by atoms with Crippen LogP contribution in [0.4, 0.5) is 0 Å². The highest BCUT2D eigenvalue weighted by Crippen LogP contribution is 2.54. The summed E-state index contributed by atoms with van der Waals surface area (Å²) in [5, 5.41) is 36.2. The first kappa shape index (κ1) is 52.4. The fraction of sp³-hybridized carbons (Fsp3) is 1.00. The number of rotatable bonds is 4. The standard InChI is InChI=1S/C56H108N12/c1-53(2,3)29-21-33-41(37(25-29)65(13)14)49-57-45(33)61-50-42-34(22-30(54(4,5)6)26-38(42)66(15)16)47(58-50)63-52-44-36(24-32(56(10,11)12)28-40(44)68(19)20)48(60-52)64-51-43-35(46(59-51)62-49)23-31(55(7,8)9)27-39(43)67(17)18/h29-52,57-64H,21-28H2,1-20H3. The first-order valence-electron chi connectivity index (χ1n) is 28.2. The molecule has 4 aliphatic carbocycles. The van der Waals surface area contributed by atoms with Crippen molar-refractivity contribution in [3.05, 3.63) is 0 Å². The van der Waals surface area contributed by atoms with Gasteiger partial charge in [0.15, 0.2) is 0 Å². The smallest absolute Gasteiger partial charge is 0.0643 e. The van der Waals surface area contributed by atoms with Gasteiger partial charge in [-0.15, -0.1) is 0 Å². The Labute approximate surface area is 417 Å². The molecule has 68 heavy (non-hydrogen) atoms. The Morgan fingerprint density at radius 1 is 0.250 bits per heavy atom. The minimum Gasteiger partial charge on any atom is -0.306 e. The zero-order valence-corrected chi connectivity index (χ0v) is 47.3. The molecule has 5 saturated heterocycles. The quantitative estimate of drug-likeness (QED) is 0.173. The zero-order chi connectivity index (χ0) is 49.5. The Kier molecular flexibility index (Phi) is 14.4. The van der Waals surface area contributed by atoms with Gasteiger partial charge in [-0.25, -0.2) is 0 Å². The van der Waals surface area contributed by atoms with E-state index in [1.807, 2.05) is 0 Å². The molecule has 0 aromatic heterocycles. The Morgan fingerprint density at radius 2 is 0.412 bits per heavy atom. The summed E-state index contributed by atoms with van der Waals surface area (Å²) < 4.78 is 0. The van der Waals surface area contributed by atoms with Crippen molar-refractivity contribution in [2.24, 2.45) is 92.7 Å². The first-order chi connectivity index (χ1) is 31.5. The second kappa shape index (κ2) is 18.7. The van der Waals surface area contributed by atoms with E-state index in [4.69, 9.17) is 0 Å². The Morgan fingerprint density at radius 3 is 0.544 bits per heavy atom. The van der Waals surface area contributed by atoms with Crippen LogP contribution in [0.3, 0.4) is 0 Å². The Bertz CT molecular complexity index is 1480. The second-order valence-electron chi connectivity index (χ2n) is 30.4. The van der Waals surface area contributed by atoms with Crippen molar-refractivity contribution in [1.82, 2.24) is 62.1 Å². The normalized spacial score (nSPS) is 49.1. The highest BCUT2D eigenvalue weighted by Gasteiger charge is 2.62. The van der Waals surface area contributed by atoms with E-state index in [1.165, 1.54) is 51.4 Å². The molecular formula is C56H108N12. The molecule has 5 heterocycles. The lowest BCUT2D eigenvalue weighted by Gasteiger charge is -2.50. The third-order valence-electron chi connectivity index (χ3n) is 21.8. The van der Waals surface area contributed by atoms with Crippen molar-refractivity contribution in [1.29, 1.82) is 0 Å². The van der Waals surface area contributed by atoms with E-state index in [0.29, 0.717) is 95.2 Å². The molecule has 9 rings (SSSR count). The predicted octanol–water partition coefficient (Wildman–Crippen LogP) is 5.85. The van der Waals surface area contributed by atoms with Crippen LogP contribution < -0.4 is 42.5 Å². The summed E-state index contributed by atoms with van der Waals surface area (Å²) in [5.41, 5.74) is 1.01. The third-order valence-corrected chi connectivity index (χ3v) is 21.8. The van der Waals surface area contributed by atoms with E-state index >= 15 is 0 Å². The predicted molar refractivity (Wildman–Crippen MR) is 282 cm³/mol. The van der Waals surface area contributed by atoms with Gasteiger partial charge >= 0.3 is 0 Å². The summed E-state index contributed by atoms with van der Waals surface area (Å²) >= 11 is 0. The molecule has 16 unspecified atom stereocenters. The van der Waals surface area contributed by atoms with Gasteiger partial charge in [0, 0.05) is 47.8 Å². The lowest BCUT2D eigenvalue weighted by Crippen LogP contribution is -2.62. The fourth-order valence-electron chi connectivity index (χ4n) is 17.4.